The first-order valence-electron chi connectivity index (χ1n) is 6.91. The average molecular weight is 346 g/mol. The van der Waals surface area contributed by atoms with Gasteiger partial charge in [-0.2, -0.15) is 0 Å². The number of pyridine rings is 1. The molecule has 0 fully saturated rings. The van der Waals surface area contributed by atoms with Crippen LogP contribution in [0, 0.1) is 0 Å². The molecule has 0 aliphatic rings. The van der Waals surface area contributed by atoms with Gasteiger partial charge < -0.3 is 9.47 Å². The van der Waals surface area contributed by atoms with Crippen molar-refractivity contribution in [2.75, 3.05) is 18.1 Å². The lowest BCUT2D eigenvalue weighted by molar-refractivity contribution is 0.133. The molecule has 23 heavy (non-hydrogen) atoms. The molecule has 0 unspecified atom stereocenters. The number of carbonyl (C=O) groups excluding carboxylic acids is 1. The van der Waals surface area contributed by atoms with Crippen molar-refractivity contribution in [3.63, 3.8) is 0 Å². The molecule has 3 aromatic heterocycles. The van der Waals surface area contributed by atoms with Gasteiger partial charge >= 0.3 is 6.09 Å². The first-order valence-corrected chi connectivity index (χ1v) is 8.67. The Kier molecular flexibility index (Phi) is 5.23. The standard InChI is InChI=1S/C16H14N2O3S2/c19-16(21-9-8-20-13-4-1-7-17-12-13)18(14-5-2-10-22-14)15-6-3-11-23-15/h1-7,10-12H,8-9H2. The summed E-state index contributed by atoms with van der Waals surface area (Å²) in [6, 6.07) is 11.2. The summed E-state index contributed by atoms with van der Waals surface area (Å²) >= 11 is 2.97. The predicted octanol–water partition coefficient (Wildman–Crippen LogP) is 4.56. The molecule has 3 heterocycles. The number of hydrogen-bond donors (Lipinski definition) is 0. The Hall–Kier alpha value is -2.38. The number of nitrogens with zero attached hydrogens (tertiary/aromatic N) is 2. The fourth-order valence-corrected chi connectivity index (χ4v) is 3.39. The Bertz CT molecular complexity index is 681. The molecule has 0 saturated carbocycles. The van der Waals surface area contributed by atoms with E-state index < -0.39 is 6.09 Å². The third kappa shape index (κ3) is 4.08. The molecule has 0 bridgehead atoms. The maximum Gasteiger partial charge on any atom is 0.420 e. The van der Waals surface area contributed by atoms with Gasteiger partial charge in [0.25, 0.3) is 0 Å². The van der Waals surface area contributed by atoms with E-state index in [2.05, 4.69) is 4.98 Å². The highest BCUT2D eigenvalue weighted by Crippen LogP contribution is 2.33. The van der Waals surface area contributed by atoms with Crippen molar-refractivity contribution in [2.24, 2.45) is 0 Å². The van der Waals surface area contributed by atoms with Crippen LogP contribution in [0.2, 0.25) is 0 Å². The van der Waals surface area contributed by atoms with Crippen molar-refractivity contribution >= 4 is 38.8 Å². The molecule has 0 aliphatic heterocycles. The molecule has 3 aromatic rings. The number of aromatic nitrogens is 1. The van der Waals surface area contributed by atoms with Crippen molar-refractivity contribution in [2.45, 2.75) is 0 Å². The largest absolute Gasteiger partial charge is 0.488 e. The van der Waals surface area contributed by atoms with E-state index in [0.29, 0.717) is 5.75 Å². The Balaban J connectivity index is 1.57. The van der Waals surface area contributed by atoms with Crippen LogP contribution in [-0.4, -0.2) is 24.3 Å². The lowest BCUT2D eigenvalue weighted by Gasteiger charge is -2.18. The molecular formula is C16H14N2O3S2. The van der Waals surface area contributed by atoms with Gasteiger partial charge in [0.15, 0.2) is 0 Å². The molecule has 0 atom stereocenters. The maximum atomic E-state index is 12.4. The molecule has 0 saturated heterocycles. The number of hydrogen-bond acceptors (Lipinski definition) is 6. The summed E-state index contributed by atoms with van der Waals surface area (Å²) in [7, 11) is 0. The summed E-state index contributed by atoms with van der Waals surface area (Å²) in [5.41, 5.74) is 0. The minimum Gasteiger partial charge on any atom is -0.488 e. The normalized spacial score (nSPS) is 10.3. The van der Waals surface area contributed by atoms with Crippen molar-refractivity contribution in [1.29, 1.82) is 0 Å². The van der Waals surface area contributed by atoms with Gasteiger partial charge in [-0.1, -0.05) is 0 Å². The molecule has 0 aromatic carbocycles. The van der Waals surface area contributed by atoms with E-state index in [1.165, 1.54) is 22.7 Å². The van der Waals surface area contributed by atoms with Crippen LogP contribution in [0.4, 0.5) is 14.8 Å². The first-order chi connectivity index (χ1) is 11.3. The summed E-state index contributed by atoms with van der Waals surface area (Å²) in [6.07, 6.45) is 2.88. The highest BCUT2D eigenvalue weighted by Gasteiger charge is 2.21. The molecule has 1 amide bonds. The molecule has 118 valence electrons. The molecule has 0 aliphatic carbocycles. The zero-order valence-corrected chi connectivity index (χ0v) is 13.8. The maximum absolute atomic E-state index is 12.4. The van der Waals surface area contributed by atoms with E-state index >= 15 is 0 Å². The van der Waals surface area contributed by atoms with Crippen molar-refractivity contribution < 1.29 is 14.3 Å². The van der Waals surface area contributed by atoms with E-state index in [4.69, 9.17) is 9.47 Å². The molecular weight excluding hydrogens is 332 g/mol. The van der Waals surface area contributed by atoms with Crippen LogP contribution < -0.4 is 9.64 Å². The zero-order chi connectivity index (χ0) is 15.9. The summed E-state index contributed by atoms with van der Waals surface area (Å²) in [6.45, 7) is 0.446. The van der Waals surface area contributed by atoms with Crippen LogP contribution in [0.1, 0.15) is 0 Å². The second-order valence-electron chi connectivity index (χ2n) is 4.39. The number of thiophene rings is 2. The average Bonchev–Trinajstić information content (AvgIpc) is 3.27. The molecule has 5 nitrogen and oxygen atoms in total. The van der Waals surface area contributed by atoms with Gasteiger partial charge in [0.2, 0.25) is 0 Å². The Morgan fingerprint density at radius 3 is 2.35 bits per heavy atom. The zero-order valence-electron chi connectivity index (χ0n) is 12.1. The Labute approximate surface area is 141 Å². The van der Waals surface area contributed by atoms with Crippen molar-refractivity contribution in [1.82, 2.24) is 4.98 Å². The second-order valence-corrected chi connectivity index (χ2v) is 6.24. The number of carbonyl (C=O) groups is 1. The number of ether oxygens (including phenoxy) is 2. The van der Waals surface area contributed by atoms with E-state index in [0.717, 1.165) is 10.0 Å². The SMILES string of the molecule is O=C(OCCOc1cccnc1)N(c1cccs1)c1cccs1. The van der Waals surface area contributed by atoms with Gasteiger partial charge in [0, 0.05) is 6.20 Å². The van der Waals surface area contributed by atoms with Gasteiger partial charge in [-0.25, -0.2) is 9.69 Å². The summed E-state index contributed by atoms with van der Waals surface area (Å²) < 4.78 is 10.8. The third-order valence-electron chi connectivity index (χ3n) is 2.85. The first kappa shape index (κ1) is 15.5. The quantitative estimate of drug-likeness (QED) is 0.614. The summed E-state index contributed by atoms with van der Waals surface area (Å²) in [5, 5.41) is 5.50. The molecule has 0 radical (unpaired) electrons. The monoisotopic (exact) mass is 346 g/mol. The minimum atomic E-state index is -0.412. The van der Waals surface area contributed by atoms with Gasteiger partial charge in [0.05, 0.1) is 6.20 Å². The van der Waals surface area contributed by atoms with E-state index in [1.54, 1.807) is 29.4 Å². The molecule has 0 spiro atoms. The highest BCUT2D eigenvalue weighted by atomic mass is 32.1. The Morgan fingerprint density at radius 2 is 1.78 bits per heavy atom. The molecule has 3 rings (SSSR count). The van der Waals surface area contributed by atoms with Gasteiger partial charge in [-0.15, -0.1) is 22.7 Å². The Morgan fingerprint density at radius 1 is 1.04 bits per heavy atom. The summed E-state index contributed by atoms with van der Waals surface area (Å²) in [5.74, 6) is 0.650. The van der Waals surface area contributed by atoms with Gasteiger partial charge in [-0.3, -0.25) is 4.98 Å². The third-order valence-corrected chi connectivity index (χ3v) is 4.55. The van der Waals surface area contributed by atoms with Crippen LogP contribution >= 0.6 is 22.7 Å². The van der Waals surface area contributed by atoms with Crippen LogP contribution in [-0.2, 0) is 4.74 Å². The second kappa shape index (κ2) is 7.75. The fourth-order valence-electron chi connectivity index (χ4n) is 1.87. The van der Waals surface area contributed by atoms with Crippen molar-refractivity contribution in [3.05, 3.63) is 59.6 Å². The lowest BCUT2D eigenvalue weighted by Crippen LogP contribution is -2.26. The smallest absolute Gasteiger partial charge is 0.420 e. The van der Waals surface area contributed by atoms with E-state index in [9.17, 15) is 4.79 Å². The van der Waals surface area contributed by atoms with Gasteiger partial charge in [-0.05, 0) is 47.2 Å². The fraction of sp³-hybridized carbons (Fsp3) is 0.125. The van der Waals surface area contributed by atoms with Crippen LogP contribution in [0.25, 0.3) is 0 Å². The number of amides is 1. The minimum absolute atomic E-state index is 0.168. The van der Waals surface area contributed by atoms with Crippen LogP contribution in [0.15, 0.2) is 59.6 Å². The summed E-state index contributed by atoms with van der Waals surface area (Å²) in [4.78, 5) is 17.9. The molecule has 0 N–H and O–H groups in total. The van der Waals surface area contributed by atoms with E-state index in [1.807, 2.05) is 35.0 Å². The van der Waals surface area contributed by atoms with Crippen molar-refractivity contribution in [3.8, 4) is 5.75 Å². The number of anilines is 2. The molecule has 7 heteroatoms. The predicted molar refractivity (Wildman–Crippen MR) is 91.9 cm³/mol. The van der Waals surface area contributed by atoms with Crippen LogP contribution in [0.5, 0.6) is 5.75 Å². The topological polar surface area (TPSA) is 51.7 Å². The number of rotatable bonds is 6. The van der Waals surface area contributed by atoms with Crippen LogP contribution in [0.3, 0.4) is 0 Å². The van der Waals surface area contributed by atoms with E-state index in [-0.39, 0.29) is 13.2 Å². The highest BCUT2D eigenvalue weighted by molar-refractivity contribution is 7.16. The van der Waals surface area contributed by atoms with Gasteiger partial charge in [0.1, 0.15) is 29.0 Å². The lowest BCUT2D eigenvalue weighted by atomic mass is 10.5.